The Morgan fingerprint density at radius 2 is 2.38 bits per heavy atom. The third-order valence-corrected chi connectivity index (χ3v) is 4.21. The van der Waals surface area contributed by atoms with Crippen LogP contribution in [-0.2, 0) is 0 Å². The Balaban J connectivity index is 2.08. The summed E-state index contributed by atoms with van der Waals surface area (Å²) in [5.41, 5.74) is 0.873. The zero-order valence-electron chi connectivity index (χ0n) is 9.76. The lowest BCUT2D eigenvalue weighted by Crippen LogP contribution is -2.31. The van der Waals surface area contributed by atoms with E-state index >= 15 is 0 Å². The molecule has 0 amide bonds. The van der Waals surface area contributed by atoms with Gasteiger partial charge in [-0.2, -0.15) is 11.8 Å². The summed E-state index contributed by atoms with van der Waals surface area (Å²) >= 11 is 2.00. The summed E-state index contributed by atoms with van der Waals surface area (Å²) in [4.78, 5) is 6.64. The Morgan fingerprint density at radius 3 is 2.88 bits per heavy atom. The summed E-state index contributed by atoms with van der Waals surface area (Å²) in [6.45, 7) is 1.76. The fourth-order valence-corrected chi connectivity index (χ4v) is 3.14. The Bertz CT molecular complexity index is 333. The number of hydrogen-bond acceptors (Lipinski definition) is 4. The second-order valence-corrected chi connectivity index (χ2v) is 5.40. The maximum atomic E-state index is 9.41. The molecule has 0 aliphatic carbocycles. The van der Waals surface area contributed by atoms with E-state index in [0.717, 1.165) is 11.4 Å². The van der Waals surface area contributed by atoms with Gasteiger partial charge in [0.05, 0.1) is 6.10 Å². The molecule has 2 atom stereocenters. The number of aromatic nitrogens is 1. The van der Waals surface area contributed by atoms with Crippen molar-refractivity contribution in [1.82, 2.24) is 4.98 Å². The molecule has 1 aliphatic rings. The fraction of sp³-hybridized carbons (Fsp3) is 0.583. The number of thioether (sulfide) groups is 1. The van der Waals surface area contributed by atoms with E-state index in [9.17, 15) is 5.11 Å². The van der Waals surface area contributed by atoms with Gasteiger partial charge >= 0.3 is 0 Å². The van der Waals surface area contributed by atoms with Gasteiger partial charge in [0.2, 0.25) is 0 Å². The van der Waals surface area contributed by atoms with Gasteiger partial charge in [-0.05, 0) is 30.7 Å². The van der Waals surface area contributed by atoms with Gasteiger partial charge in [-0.1, -0.05) is 6.07 Å². The molecule has 1 aromatic heterocycles. The zero-order chi connectivity index (χ0) is 11.5. The average molecular weight is 238 g/mol. The smallest absolute Gasteiger partial charge is 0.128 e. The monoisotopic (exact) mass is 238 g/mol. The minimum atomic E-state index is -0.436. The number of aliphatic hydroxyl groups excluding tert-OH is 1. The van der Waals surface area contributed by atoms with Gasteiger partial charge in [0.25, 0.3) is 0 Å². The first-order chi connectivity index (χ1) is 7.68. The molecule has 1 fully saturated rings. The number of hydrogen-bond donors (Lipinski definition) is 1. The molecular formula is C12H18N2OS. The van der Waals surface area contributed by atoms with E-state index < -0.39 is 6.10 Å². The van der Waals surface area contributed by atoms with Crippen LogP contribution in [0.3, 0.4) is 0 Å². The average Bonchev–Trinajstić information content (AvgIpc) is 2.81. The lowest BCUT2D eigenvalue weighted by Gasteiger charge is -2.25. The number of nitrogens with zero attached hydrogens (tertiary/aromatic N) is 2. The van der Waals surface area contributed by atoms with Crippen LogP contribution in [0.5, 0.6) is 0 Å². The van der Waals surface area contributed by atoms with Crippen LogP contribution in [0.25, 0.3) is 0 Å². The molecule has 0 aromatic carbocycles. The van der Waals surface area contributed by atoms with Crippen LogP contribution in [0.2, 0.25) is 0 Å². The van der Waals surface area contributed by atoms with Crippen molar-refractivity contribution in [2.75, 3.05) is 23.5 Å². The molecule has 0 spiro atoms. The van der Waals surface area contributed by atoms with Gasteiger partial charge in [0, 0.05) is 25.0 Å². The second-order valence-electron chi connectivity index (χ2n) is 4.25. The highest BCUT2D eigenvalue weighted by Gasteiger charge is 2.20. The highest BCUT2D eigenvalue weighted by Crippen LogP contribution is 2.25. The maximum absolute atomic E-state index is 9.41. The van der Waals surface area contributed by atoms with Crippen molar-refractivity contribution in [2.45, 2.75) is 25.5 Å². The first-order valence-corrected chi connectivity index (χ1v) is 6.78. The molecule has 2 rings (SSSR count). The molecule has 16 heavy (non-hydrogen) atoms. The minimum absolute atomic E-state index is 0.436. The molecule has 88 valence electrons. The summed E-state index contributed by atoms with van der Waals surface area (Å²) in [5, 5.41) is 9.41. The van der Waals surface area contributed by atoms with E-state index in [4.69, 9.17) is 0 Å². The van der Waals surface area contributed by atoms with Crippen LogP contribution in [0.1, 0.15) is 25.0 Å². The van der Waals surface area contributed by atoms with E-state index in [2.05, 4.69) is 16.9 Å². The Morgan fingerprint density at radius 1 is 1.56 bits per heavy atom. The Labute approximate surface area is 101 Å². The molecule has 1 N–H and O–H groups in total. The molecule has 0 bridgehead atoms. The third kappa shape index (κ3) is 2.50. The molecule has 1 aromatic rings. The third-order valence-electron chi connectivity index (χ3n) is 3.07. The second kappa shape index (κ2) is 5.06. The topological polar surface area (TPSA) is 36.4 Å². The predicted molar refractivity (Wildman–Crippen MR) is 69.0 cm³/mol. The van der Waals surface area contributed by atoms with Gasteiger partial charge in [-0.15, -0.1) is 0 Å². The van der Waals surface area contributed by atoms with Crippen molar-refractivity contribution < 1.29 is 5.11 Å². The van der Waals surface area contributed by atoms with Gasteiger partial charge in [0.15, 0.2) is 0 Å². The summed E-state index contributed by atoms with van der Waals surface area (Å²) in [6, 6.07) is 4.55. The summed E-state index contributed by atoms with van der Waals surface area (Å²) in [7, 11) is 2.10. The van der Waals surface area contributed by atoms with Crippen LogP contribution in [0, 0.1) is 0 Å². The molecule has 1 unspecified atom stereocenters. The molecular weight excluding hydrogens is 220 g/mol. The van der Waals surface area contributed by atoms with E-state index in [0.29, 0.717) is 6.04 Å². The highest BCUT2D eigenvalue weighted by molar-refractivity contribution is 7.99. The molecule has 3 nitrogen and oxygen atoms in total. The van der Waals surface area contributed by atoms with Crippen molar-refractivity contribution in [1.29, 1.82) is 0 Å². The lowest BCUT2D eigenvalue weighted by molar-refractivity contribution is 0.199. The molecule has 2 heterocycles. The van der Waals surface area contributed by atoms with Crippen LogP contribution in [0.4, 0.5) is 5.82 Å². The summed E-state index contributed by atoms with van der Waals surface area (Å²) in [6.07, 6.45) is 2.56. The van der Waals surface area contributed by atoms with E-state index in [1.54, 1.807) is 13.1 Å². The van der Waals surface area contributed by atoms with Crippen LogP contribution in [-0.4, -0.2) is 34.7 Å². The van der Waals surface area contributed by atoms with Gasteiger partial charge in [0.1, 0.15) is 5.82 Å². The van der Waals surface area contributed by atoms with Crippen molar-refractivity contribution in [2.24, 2.45) is 0 Å². The Hall–Kier alpha value is -0.740. The van der Waals surface area contributed by atoms with Gasteiger partial charge in [-0.25, -0.2) is 4.98 Å². The molecule has 1 aliphatic heterocycles. The molecule has 0 radical (unpaired) electrons. The quantitative estimate of drug-likeness (QED) is 0.874. The van der Waals surface area contributed by atoms with E-state index in [-0.39, 0.29) is 0 Å². The fourth-order valence-electron chi connectivity index (χ4n) is 1.87. The van der Waals surface area contributed by atoms with Crippen LogP contribution < -0.4 is 4.90 Å². The molecule has 1 saturated heterocycles. The minimum Gasteiger partial charge on any atom is -0.389 e. The highest BCUT2D eigenvalue weighted by atomic mass is 32.2. The Kier molecular flexibility index (Phi) is 3.71. The largest absolute Gasteiger partial charge is 0.389 e. The normalized spacial score (nSPS) is 22.1. The van der Waals surface area contributed by atoms with Crippen molar-refractivity contribution >= 4 is 17.6 Å². The van der Waals surface area contributed by atoms with Crippen molar-refractivity contribution in [3.05, 3.63) is 23.9 Å². The van der Waals surface area contributed by atoms with Gasteiger partial charge < -0.3 is 10.0 Å². The van der Waals surface area contributed by atoms with Crippen molar-refractivity contribution in [3.8, 4) is 0 Å². The zero-order valence-corrected chi connectivity index (χ0v) is 10.6. The first-order valence-electron chi connectivity index (χ1n) is 5.63. The van der Waals surface area contributed by atoms with Crippen molar-refractivity contribution in [3.63, 3.8) is 0 Å². The number of rotatable bonds is 3. The molecule has 0 saturated carbocycles. The lowest BCUT2D eigenvalue weighted by atomic mass is 10.2. The van der Waals surface area contributed by atoms with Gasteiger partial charge in [-0.3, -0.25) is 0 Å². The SMILES string of the molecule is C[C@H](O)c1ccc(N(C)C2CCSC2)nc1. The molecule has 4 heteroatoms. The standard InChI is InChI=1S/C12H18N2OS/c1-9(15)10-3-4-12(13-7-10)14(2)11-5-6-16-8-11/h3-4,7,9,11,15H,5-6,8H2,1-2H3/t9-,11?/m0/s1. The van der Waals surface area contributed by atoms with E-state index in [1.165, 1.54) is 17.9 Å². The maximum Gasteiger partial charge on any atom is 0.128 e. The first kappa shape index (κ1) is 11.7. The summed E-state index contributed by atoms with van der Waals surface area (Å²) < 4.78 is 0. The van der Waals surface area contributed by atoms with E-state index in [1.807, 2.05) is 23.9 Å². The number of pyridine rings is 1. The predicted octanol–water partition coefficient (Wildman–Crippen LogP) is 2.08. The number of anilines is 1. The van der Waals surface area contributed by atoms with Crippen LogP contribution in [0.15, 0.2) is 18.3 Å². The van der Waals surface area contributed by atoms with Crippen LogP contribution >= 0.6 is 11.8 Å². The number of aliphatic hydroxyl groups is 1. The summed E-state index contributed by atoms with van der Waals surface area (Å²) in [5.74, 6) is 3.44.